The van der Waals surface area contributed by atoms with Gasteiger partial charge >= 0.3 is 0 Å². The first-order valence-corrected chi connectivity index (χ1v) is 5.58. The summed E-state index contributed by atoms with van der Waals surface area (Å²) in [4.78, 5) is 10.8. The van der Waals surface area contributed by atoms with Crippen molar-refractivity contribution in [3.8, 4) is 5.75 Å². The fraction of sp³-hybridized carbons (Fsp3) is 0.462. The topological polar surface area (TPSA) is 38.3 Å². The van der Waals surface area contributed by atoms with E-state index in [0.717, 1.165) is 24.5 Å². The second kappa shape index (κ2) is 6.16. The quantitative estimate of drug-likeness (QED) is 0.829. The summed E-state index contributed by atoms with van der Waals surface area (Å²) in [6, 6.07) is 7.41. The van der Waals surface area contributed by atoms with Crippen LogP contribution in [0.25, 0.3) is 0 Å². The molecule has 1 rings (SSSR count). The number of hydrogen-bond donors (Lipinski definition) is 1. The Kier molecular flexibility index (Phi) is 4.83. The van der Waals surface area contributed by atoms with Crippen LogP contribution in [0.1, 0.15) is 27.2 Å². The molecule has 3 heteroatoms. The van der Waals surface area contributed by atoms with Crippen molar-refractivity contribution >= 4 is 11.6 Å². The zero-order chi connectivity index (χ0) is 12.0. The van der Waals surface area contributed by atoms with Crippen LogP contribution in [0.2, 0.25) is 0 Å². The second-order valence-corrected chi connectivity index (χ2v) is 4.24. The highest BCUT2D eigenvalue weighted by Gasteiger charge is 1.98. The average molecular weight is 221 g/mol. The molecule has 0 unspecified atom stereocenters. The molecule has 88 valence electrons. The van der Waals surface area contributed by atoms with E-state index in [1.165, 1.54) is 6.92 Å². The Morgan fingerprint density at radius 1 is 1.31 bits per heavy atom. The Hall–Kier alpha value is -1.51. The molecule has 0 aliphatic carbocycles. The molecule has 0 atom stereocenters. The standard InChI is InChI=1S/C13H19NO2/c1-10(2)8-9-16-13-6-4-12(5-7-13)14-11(3)15/h4-7,10H,8-9H2,1-3H3,(H,14,15). The summed E-state index contributed by atoms with van der Waals surface area (Å²) in [5.74, 6) is 1.43. The van der Waals surface area contributed by atoms with Crippen LogP contribution in [-0.4, -0.2) is 12.5 Å². The predicted molar refractivity (Wildman–Crippen MR) is 65.7 cm³/mol. The third-order valence-electron chi connectivity index (χ3n) is 2.14. The van der Waals surface area contributed by atoms with Gasteiger partial charge in [0.2, 0.25) is 5.91 Å². The van der Waals surface area contributed by atoms with E-state index in [1.54, 1.807) is 0 Å². The fourth-order valence-corrected chi connectivity index (χ4v) is 1.25. The van der Waals surface area contributed by atoms with Gasteiger partial charge < -0.3 is 10.1 Å². The van der Waals surface area contributed by atoms with Crippen molar-refractivity contribution in [3.05, 3.63) is 24.3 Å². The summed E-state index contributed by atoms with van der Waals surface area (Å²) < 4.78 is 5.56. The van der Waals surface area contributed by atoms with Crippen LogP contribution in [0, 0.1) is 5.92 Å². The number of benzene rings is 1. The minimum absolute atomic E-state index is 0.0616. The molecule has 0 spiro atoms. The van der Waals surface area contributed by atoms with Crippen molar-refractivity contribution in [3.63, 3.8) is 0 Å². The normalized spacial score (nSPS) is 10.2. The van der Waals surface area contributed by atoms with Gasteiger partial charge in [0.25, 0.3) is 0 Å². The number of carbonyl (C=O) groups is 1. The minimum atomic E-state index is -0.0616. The first-order valence-electron chi connectivity index (χ1n) is 5.58. The highest BCUT2D eigenvalue weighted by Crippen LogP contribution is 2.16. The van der Waals surface area contributed by atoms with Crippen molar-refractivity contribution in [1.29, 1.82) is 0 Å². The van der Waals surface area contributed by atoms with Crippen LogP contribution >= 0.6 is 0 Å². The van der Waals surface area contributed by atoms with Crippen molar-refractivity contribution in [1.82, 2.24) is 0 Å². The SMILES string of the molecule is CC(=O)Nc1ccc(OCCC(C)C)cc1. The molecule has 0 fully saturated rings. The Morgan fingerprint density at radius 2 is 1.94 bits per heavy atom. The Morgan fingerprint density at radius 3 is 2.44 bits per heavy atom. The lowest BCUT2D eigenvalue weighted by atomic mass is 10.1. The molecule has 0 aliphatic rings. The van der Waals surface area contributed by atoms with E-state index in [0.29, 0.717) is 5.92 Å². The van der Waals surface area contributed by atoms with E-state index in [2.05, 4.69) is 19.2 Å². The van der Waals surface area contributed by atoms with Gasteiger partial charge in [-0.2, -0.15) is 0 Å². The van der Waals surface area contributed by atoms with Gasteiger partial charge in [0, 0.05) is 12.6 Å². The number of nitrogens with one attached hydrogen (secondary N) is 1. The minimum Gasteiger partial charge on any atom is -0.494 e. The fourth-order valence-electron chi connectivity index (χ4n) is 1.25. The smallest absolute Gasteiger partial charge is 0.221 e. The van der Waals surface area contributed by atoms with Crippen LogP contribution < -0.4 is 10.1 Å². The molecule has 0 aliphatic heterocycles. The number of rotatable bonds is 5. The van der Waals surface area contributed by atoms with Gasteiger partial charge in [-0.3, -0.25) is 4.79 Å². The summed E-state index contributed by atoms with van der Waals surface area (Å²) >= 11 is 0. The van der Waals surface area contributed by atoms with E-state index in [4.69, 9.17) is 4.74 Å². The molecular formula is C13H19NO2. The van der Waals surface area contributed by atoms with Crippen LogP contribution in [0.15, 0.2) is 24.3 Å². The third-order valence-corrected chi connectivity index (χ3v) is 2.14. The lowest BCUT2D eigenvalue weighted by Gasteiger charge is -2.08. The summed E-state index contributed by atoms with van der Waals surface area (Å²) in [6.07, 6.45) is 1.05. The van der Waals surface area contributed by atoms with E-state index in [1.807, 2.05) is 24.3 Å². The van der Waals surface area contributed by atoms with Gasteiger partial charge in [0.15, 0.2) is 0 Å². The largest absolute Gasteiger partial charge is 0.494 e. The first kappa shape index (κ1) is 12.6. The number of amides is 1. The lowest BCUT2D eigenvalue weighted by Crippen LogP contribution is -2.05. The van der Waals surface area contributed by atoms with Gasteiger partial charge in [-0.15, -0.1) is 0 Å². The highest BCUT2D eigenvalue weighted by molar-refractivity contribution is 5.88. The molecule has 0 heterocycles. The molecule has 0 aromatic heterocycles. The van der Waals surface area contributed by atoms with Crippen LogP contribution in [0.5, 0.6) is 5.75 Å². The molecule has 1 N–H and O–H groups in total. The van der Waals surface area contributed by atoms with Gasteiger partial charge in [-0.05, 0) is 36.6 Å². The Labute approximate surface area is 96.8 Å². The zero-order valence-electron chi connectivity index (χ0n) is 10.1. The maximum Gasteiger partial charge on any atom is 0.221 e. The molecule has 0 saturated carbocycles. The average Bonchev–Trinajstić information content (AvgIpc) is 2.19. The first-order chi connectivity index (χ1) is 7.58. The van der Waals surface area contributed by atoms with Gasteiger partial charge in [-0.25, -0.2) is 0 Å². The summed E-state index contributed by atoms with van der Waals surface area (Å²) in [7, 11) is 0. The monoisotopic (exact) mass is 221 g/mol. The summed E-state index contributed by atoms with van der Waals surface area (Å²) in [5.41, 5.74) is 0.795. The maximum atomic E-state index is 10.8. The van der Waals surface area contributed by atoms with E-state index in [-0.39, 0.29) is 5.91 Å². The lowest BCUT2D eigenvalue weighted by molar-refractivity contribution is -0.114. The predicted octanol–water partition coefficient (Wildman–Crippen LogP) is 3.07. The van der Waals surface area contributed by atoms with Crippen molar-refractivity contribution in [2.45, 2.75) is 27.2 Å². The summed E-state index contributed by atoms with van der Waals surface area (Å²) in [5, 5.41) is 2.71. The van der Waals surface area contributed by atoms with Crippen molar-refractivity contribution in [2.24, 2.45) is 5.92 Å². The molecule has 0 radical (unpaired) electrons. The number of anilines is 1. The van der Waals surface area contributed by atoms with E-state index in [9.17, 15) is 4.79 Å². The molecule has 1 aromatic carbocycles. The van der Waals surface area contributed by atoms with Crippen LogP contribution in [0.4, 0.5) is 5.69 Å². The molecular weight excluding hydrogens is 202 g/mol. The Bertz CT molecular complexity index is 330. The number of ether oxygens (including phenoxy) is 1. The Balaban J connectivity index is 2.42. The van der Waals surface area contributed by atoms with E-state index >= 15 is 0 Å². The van der Waals surface area contributed by atoms with Crippen LogP contribution in [0.3, 0.4) is 0 Å². The zero-order valence-corrected chi connectivity index (χ0v) is 10.1. The number of carbonyl (C=O) groups excluding carboxylic acids is 1. The highest BCUT2D eigenvalue weighted by atomic mass is 16.5. The van der Waals surface area contributed by atoms with E-state index < -0.39 is 0 Å². The van der Waals surface area contributed by atoms with Crippen molar-refractivity contribution in [2.75, 3.05) is 11.9 Å². The molecule has 0 saturated heterocycles. The second-order valence-electron chi connectivity index (χ2n) is 4.24. The molecule has 1 aromatic rings. The number of hydrogen-bond acceptors (Lipinski definition) is 2. The van der Waals surface area contributed by atoms with Crippen molar-refractivity contribution < 1.29 is 9.53 Å². The van der Waals surface area contributed by atoms with Gasteiger partial charge in [-0.1, -0.05) is 13.8 Å². The van der Waals surface area contributed by atoms with Gasteiger partial charge in [0.05, 0.1) is 6.61 Å². The van der Waals surface area contributed by atoms with Gasteiger partial charge in [0.1, 0.15) is 5.75 Å². The summed E-state index contributed by atoms with van der Waals surface area (Å²) in [6.45, 7) is 6.57. The van der Waals surface area contributed by atoms with Crippen LogP contribution in [-0.2, 0) is 4.79 Å². The molecule has 0 bridgehead atoms. The third kappa shape index (κ3) is 4.82. The molecule has 3 nitrogen and oxygen atoms in total. The maximum absolute atomic E-state index is 10.8. The molecule has 1 amide bonds. The molecule has 16 heavy (non-hydrogen) atoms.